The highest BCUT2D eigenvalue weighted by atomic mass is 35.5. The Morgan fingerprint density at radius 3 is 2.69 bits per heavy atom. The van der Waals surface area contributed by atoms with Gasteiger partial charge in [-0.25, -0.2) is 8.78 Å². The van der Waals surface area contributed by atoms with Crippen LogP contribution in [0.4, 0.5) is 14.5 Å². The number of ether oxygens (including phenoxy) is 1. The molecule has 0 saturated carbocycles. The van der Waals surface area contributed by atoms with Gasteiger partial charge in [-0.3, -0.25) is 4.79 Å². The third-order valence-electron chi connectivity index (χ3n) is 4.31. The second-order valence-corrected chi connectivity index (χ2v) is 7.59. The van der Waals surface area contributed by atoms with Crippen LogP contribution < -0.4 is 10.1 Å². The number of hydrogen-bond donors (Lipinski definition) is 1. The molecule has 1 aromatic heterocycles. The van der Waals surface area contributed by atoms with Crippen molar-refractivity contribution >= 4 is 44.6 Å². The molecule has 4 rings (SSSR count). The predicted octanol–water partition coefficient (Wildman–Crippen LogP) is 6.66. The van der Waals surface area contributed by atoms with Crippen LogP contribution in [0.2, 0.25) is 5.02 Å². The fourth-order valence-electron chi connectivity index (χ4n) is 2.84. The number of halogens is 3. The molecular weight excluding hydrogens is 416 g/mol. The summed E-state index contributed by atoms with van der Waals surface area (Å²) in [6.45, 7) is -0.0113. The fourth-order valence-corrected chi connectivity index (χ4v) is 4.00. The van der Waals surface area contributed by atoms with Crippen molar-refractivity contribution in [3.63, 3.8) is 0 Å². The number of anilines is 1. The van der Waals surface area contributed by atoms with E-state index in [0.717, 1.165) is 10.1 Å². The summed E-state index contributed by atoms with van der Waals surface area (Å²) >= 11 is 7.42. The van der Waals surface area contributed by atoms with Gasteiger partial charge in [0.15, 0.2) is 11.6 Å². The largest absolute Gasteiger partial charge is 0.486 e. The van der Waals surface area contributed by atoms with Crippen molar-refractivity contribution in [1.82, 2.24) is 0 Å². The van der Waals surface area contributed by atoms with Crippen molar-refractivity contribution in [3.05, 3.63) is 93.8 Å². The Morgan fingerprint density at radius 1 is 1.07 bits per heavy atom. The molecular formula is C22H14ClF2NO2S. The van der Waals surface area contributed by atoms with Crippen LogP contribution in [0.3, 0.4) is 0 Å². The zero-order chi connectivity index (χ0) is 20.4. The van der Waals surface area contributed by atoms with Crippen LogP contribution >= 0.6 is 22.9 Å². The van der Waals surface area contributed by atoms with E-state index in [0.29, 0.717) is 16.8 Å². The first-order valence-corrected chi connectivity index (χ1v) is 9.91. The molecule has 7 heteroatoms. The van der Waals surface area contributed by atoms with Gasteiger partial charge in [-0.2, -0.15) is 0 Å². The summed E-state index contributed by atoms with van der Waals surface area (Å²) in [6.07, 6.45) is 0. The quantitative estimate of drug-likeness (QED) is 0.385. The maximum atomic E-state index is 14.4. The summed E-state index contributed by atoms with van der Waals surface area (Å²) in [5.41, 5.74) is 1.39. The monoisotopic (exact) mass is 429 g/mol. The highest BCUT2D eigenvalue weighted by molar-refractivity contribution is 7.17. The lowest BCUT2D eigenvalue weighted by molar-refractivity contribution is 0.102. The minimum Gasteiger partial charge on any atom is -0.486 e. The number of carbonyl (C=O) groups excluding carboxylic acids is 1. The van der Waals surface area contributed by atoms with E-state index in [4.69, 9.17) is 16.3 Å². The van der Waals surface area contributed by atoms with Gasteiger partial charge in [0.1, 0.15) is 12.4 Å². The van der Waals surface area contributed by atoms with Gasteiger partial charge < -0.3 is 10.1 Å². The maximum Gasteiger partial charge on any atom is 0.257 e. The number of rotatable bonds is 5. The van der Waals surface area contributed by atoms with Crippen LogP contribution in [-0.2, 0) is 6.61 Å². The Kier molecular flexibility index (Phi) is 5.47. The lowest BCUT2D eigenvalue weighted by Crippen LogP contribution is -2.11. The summed E-state index contributed by atoms with van der Waals surface area (Å²) < 4.78 is 33.9. The number of fused-ring (bicyclic) bond motifs is 1. The SMILES string of the molecule is O=C(Nc1ccc(OCc2ccc(F)cc2Cl)c(F)c1)c1csc2ccccc12. The third kappa shape index (κ3) is 4.23. The van der Waals surface area contributed by atoms with E-state index in [1.165, 1.54) is 41.7 Å². The first-order chi connectivity index (χ1) is 14.0. The Balaban J connectivity index is 1.46. The zero-order valence-corrected chi connectivity index (χ0v) is 16.5. The molecule has 3 nitrogen and oxygen atoms in total. The van der Waals surface area contributed by atoms with Gasteiger partial charge >= 0.3 is 0 Å². The van der Waals surface area contributed by atoms with Gasteiger partial charge in [0.05, 0.1) is 10.6 Å². The van der Waals surface area contributed by atoms with Gasteiger partial charge in [0.25, 0.3) is 5.91 Å². The lowest BCUT2D eigenvalue weighted by atomic mass is 10.1. The molecule has 0 bridgehead atoms. The van der Waals surface area contributed by atoms with Crippen LogP contribution in [0.25, 0.3) is 10.1 Å². The Labute approximate surface area is 174 Å². The molecule has 0 unspecified atom stereocenters. The van der Waals surface area contributed by atoms with E-state index in [9.17, 15) is 13.6 Å². The third-order valence-corrected chi connectivity index (χ3v) is 5.63. The molecule has 29 heavy (non-hydrogen) atoms. The molecule has 0 saturated heterocycles. The summed E-state index contributed by atoms with van der Waals surface area (Å²) in [6, 6.07) is 15.7. The van der Waals surface area contributed by atoms with E-state index in [1.807, 2.05) is 24.3 Å². The second-order valence-electron chi connectivity index (χ2n) is 6.27. The van der Waals surface area contributed by atoms with Crippen molar-refractivity contribution in [2.24, 2.45) is 0 Å². The number of amides is 1. The number of benzene rings is 3. The zero-order valence-electron chi connectivity index (χ0n) is 14.9. The summed E-state index contributed by atoms with van der Waals surface area (Å²) in [5.74, 6) is -1.39. The molecule has 0 atom stereocenters. The van der Waals surface area contributed by atoms with Gasteiger partial charge in [0, 0.05) is 32.8 Å². The molecule has 1 N–H and O–H groups in total. The van der Waals surface area contributed by atoms with Crippen molar-refractivity contribution < 1.29 is 18.3 Å². The van der Waals surface area contributed by atoms with Crippen LogP contribution in [0.1, 0.15) is 15.9 Å². The minimum absolute atomic E-state index is 0.00405. The van der Waals surface area contributed by atoms with Crippen molar-refractivity contribution in [1.29, 1.82) is 0 Å². The first-order valence-electron chi connectivity index (χ1n) is 8.65. The van der Waals surface area contributed by atoms with Crippen molar-refractivity contribution in [2.45, 2.75) is 6.61 Å². The molecule has 0 aliphatic heterocycles. The molecule has 4 aromatic rings. The van der Waals surface area contributed by atoms with Crippen molar-refractivity contribution in [2.75, 3.05) is 5.32 Å². The maximum absolute atomic E-state index is 14.4. The minimum atomic E-state index is -0.629. The summed E-state index contributed by atoms with van der Waals surface area (Å²) in [7, 11) is 0. The van der Waals surface area contributed by atoms with Gasteiger partial charge in [-0.05, 0) is 30.3 Å². The molecule has 3 aromatic carbocycles. The molecule has 0 aliphatic rings. The Morgan fingerprint density at radius 2 is 1.90 bits per heavy atom. The molecule has 1 amide bonds. The molecule has 0 fully saturated rings. The predicted molar refractivity (Wildman–Crippen MR) is 112 cm³/mol. The molecule has 0 aliphatic carbocycles. The standard InChI is InChI=1S/C22H14ClF2NO2S/c23-18-9-14(24)6-5-13(18)11-28-20-8-7-15(10-19(20)25)26-22(27)17-12-29-21-4-2-1-3-16(17)21/h1-10,12H,11H2,(H,26,27). The normalized spacial score (nSPS) is 10.9. The molecule has 146 valence electrons. The van der Waals surface area contributed by atoms with Gasteiger partial charge in [-0.1, -0.05) is 35.9 Å². The van der Waals surface area contributed by atoms with E-state index >= 15 is 0 Å². The van der Waals surface area contributed by atoms with E-state index in [2.05, 4.69) is 5.32 Å². The average Bonchev–Trinajstić information content (AvgIpc) is 3.13. The van der Waals surface area contributed by atoms with Crippen LogP contribution in [0.5, 0.6) is 5.75 Å². The number of hydrogen-bond acceptors (Lipinski definition) is 3. The van der Waals surface area contributed by atoms with Crippen LogP contribution in [-0.4, -0.2) is 5.91 Å². The van der Waals surface area contributed by atoms with Crippen molar-refractivity contribution in [3.8, 4) is 5.75 Å². The summed E-state index contributed by atoms with van der Waals surface area (Å²) in [5, 5.41) is 5.54. The molecule has 0 radical (unpaired) electrons. The topological polar surface area (TPSA) is 38.3 Å². The van der Waals surface area contributed by atoms with Gasteiger partial charge in [-0.15, -0.1) is 11.3 Å². The average molecular weight is 430 g/mol. The van der Waals surface area contributed by atoms with E-state index in [1.54, 1.807) is 11.4 Å². The van der Waals surface area contributed by atoms with Crippen LogP contribution in [0.15, 0.2) is 66.0 Å². The lowest BCUT2D eigenvalue weighted by Gasteiger charge is -2.10. The second kappa shape index (κ2) is 8.19. The smallest absolute Gasteiger partial charge is 0.257 e. The molecule has 0 spiro atoms. The summed E-state index contributed by atoms with van der Waals surface area (Å²) in [4.78, 5) is 12.6. The fraction of sp³-hybridized carbons (Fsp3) is 0.0455. The number of thiophene rings is 1. The van der Waals surface area contributed by atoms with E-state index < -0.39 is 11.6 Å². The molecule has 1 heterocycles. The van der Waals surface area contributed by atoms with Crippen LogP contribution in [0, 0.1) is 11.6 Å². The number of nitrogens with one attached hydrogen (secondary N) is 1. The Hall–Kier alpha value is -2.96. The Bertz CT molecular complexity index is 1210. The first kappa shape index (κ1) is 19.4. The van der Waals surface area contributed by atoms with Gasteiger partial charge in [0.2, 0.25) is 0 Å². The van der Waals surface area contributed by atoms with E-state index in [-0.39, 0.29) is 23.3 Å². The highest BCUT2D eigenvalue weighted by Crippen LogP contribution is 2.28. The highest BCUT2D eigenvalue weighted by Gasteiger charge is 2.14. The number of carbonyl (C=O) groups is 1.